The molecule has 0 bridgehead atoms. The Kier molecular flexibility index (Phi) is 5.68. The molecule has 0 fully saturated rings. The van der Waals surface area contributed by atoms with E-state index in [1.165, 1.54) is 4.90 Å². The number of anilines is 1. The number of amides is 1. The first-order chi connectivity index (χ1) is 13.4. The lowest BCUT2D eigenvalue weighted by molar-refractivity contribution is -0.126. The number of carbonyl (C=O) groups excluding carboxylic acids is 2. The number of aromatic nitrogens is 1. The van der Waals surface area contributed by atoms with Crippen LogP contribution in [0.4, 0.5) is 5.69 Å². The molecular weight excluding hydrogens is 356 g/mol. The van der Waals surface area contributed by atoms with E-state index in [0.717, 1.165) is 22.8 Å². The Morgan fingerprint density at radius 1 is 1.14 bits per heavy atom. The van der Waals surface area contributed by atoms with Crippen molar-refractivity contribution in [1.29, 1.82) is 0 Å². The zero-order valence-corrected chi connectivity index (χ0v) is 16.5. The van der Waals surface area contributed by atoms with E-state index in [4.69, 9.17) is 9.15 Å². The summed E-state index contributed by atoms with van der Waals surface area (Å²) in [7, 11) is 1.66. The zero-order chi connectivity index (χ0) is 20.3. The highest BCUT2D eigenvalue weighted by Gasteiger charge is 2.25. The summed E-state index contributed by atoms with van der Waals surface area (Å²) in [5, 5.41) is 0. The standard InChI is InChI=1S/C22H24N2O4/c1-15-13-20(16(2)24(15)14-19-11-8-12-27-19)22(26)28-17(3)21(25)23(4)18-9-6-5-7-10-18/h5-13,17H,14H2,1-4H3/t17-/m1/s1. The van der Waals surface area contributed by atoms with E-state index < -0.39 is 12.1 Å². The number of likely N-dealkylation sites (N-methyl/N-ethyl adjacent to an activating group) is 1. The van der Waals surface area contributed by atoms with Crippen LogP contribution in [0.15, 0.2) is 59.2 Å². The molecule has 0 aliphatic rings. The summed E-state index contributed by atoms with van der Waals surface area (Å²) >= 11 is 0. The normalized spacial score (nSPS) is 11.9. The molecule has 28 heavy (non-hydrogen) atoms. The molecule has 1 atom stereocenters. The molecule has 6 heteroatoms. The summed E-state index contributed by atoms with van der Waals surface area (Å²) in [6.07, 6.45) is 0.723. The van der Waals surface area contributed by atoms with Crippen LogP contribution in [0.3, 0.4) is 0 Å². The number of esters is 1. The Labute approximate surface area is 164 Å². The largest absolute Gasteiger partial charge is 0.467 e. The molecule has 0 aliphatic carbocycles. The number of furan rings is 1. The fourth-order valence-electron chi connectivity index (χ4n) is 3.14. The minimum atomic E-state index is -0.897. The monoisotopic (exact) mass is 380 g/mol. The fourth-order valence-corrected chi connectivity index (χ4v) is 3.14. The van der Waals surface area contributed by atoms with Crippen molar-refractivity contribution >= 4 is 17.6 Å². The number of rotatable bonds is 6. The molecule has 1 aromatic carbocycles. The van der Waals surface area contributed by atoms with E-state index in [1.807, 2.05) is 60.9 Å². The molecule has 0 saturated carbocycles. The number of carbonyl (C=O) groups is 2. The molecule has 0 aliphatic heterocycles. The average molecular weight is 380 g/mol. The molecule has 6 nitrogen and oxygen atoms in total. The van der Waals surface area contributed by atoms with Gasteiger partial charge in [0.05, 0.1) is 18.4 Å². The van der Waals surface area contributed by atoms with Gasteiger partial charge in [0.1, 0.15) is 5.76 Å². The van der Waals surface area contributed by atoms with Crippen LogP contribution in [0.5, 0.6) is 0 Å². The van der Waals surface area contributed by atoms with Gasteiger partial charge in [-0.2, -0.15) is 0 Å². The molecule has 2 aromatic heterocycles. The van der Waals surface area contributed by atoms with Crippen LogP contribution in [0, 0.1) is 13.8 Å². The maximum absolute atomic E-state index is 12.7. The van der Waals surface area contributed by atoms with Gasteiger partial charge in [-0.25, -0.2) is 4.79 Å². The second-order valence-corrected chi connectivity index (χ2v) is 6.73. The second kappa shape index (κ2) is 8.17. The van der Waals surface area contributed by atoms with Crippen molar-refractivity contribution < 1.29 is 18.7 Å². The molecule has 1 amide bonds. The highest BCUT2D eigenvalue weighted by atomic mass is 16.5. The van der Waals surface area contributed by atoms with Crippen LogP contribution in [-0.4, -0.2) is 29.6 Å². The summed E-state index contributed by atoms with van der Waals surface area (Å²) in [6, 6.07) is 14.7. The molecule has 0 saturated heterocycles. The van der Waals surface area contributed by atoms with Crippen molar-refractivity contribution in [2.24, 2.45) is 0 Å². The predicted molar refractivity (Wildman–Crippen MR) is 106 cm³/mol. The number of ether oxygens (including phenoxy) is 1. The van der Waals surface area contributed by atoms with Crippen LogP contribution in [0.25, 0.3) is 0 Å². The van der Waals surface area contributed by atoms with Crippen molar-refractivity contribution in [3.8, 4) is 0 Å². The lowest BCUT2D eigenvalue weighted by Gasteiger charge is -2.21. The fraction of sp³-hybridized carbons (Fsp3) is 0.273. The molecule has 3 aromatic rings. The number of hydrogen-bond donors (Lipinski definition) is 0. The molecule has 146 valence electrons. The Hall–Kier alpha value is -3.28. The van der Waals surface area contributed by atoms with Gasteiger partial charge in [0, 0.05) is 24.1 Å². The summed E-state index contributed by atoms with van der Waals surface area (Å²) in [6.45, 7) is 5.89. The van der Waals surface area contributed by atoms with E-state index in [2.05, 4.69) is 0 Å². The van der Waals surface area contributed by atoms with E-state index >= 15 is 0 Å². The first-order valence-electron chi connectivity index (χ1n) is 9.11. The van der Waals surface area contributed by atoms with Gasteiger partial charge in [-0.1, -0.05) is 18.2 Å². The molecule has 0 radical (unpaired) electrons. The van der Waals surface area contributed by atoms with E-state index in [-0.39, 0.29) is 5.91 Å². The average Bonchev–Trinajstić information content (AvgIpc) is 3.31. The van der Waals surface area contributed by atoms with Gasteiger partial charge in [0.2, 0.25) is 0 Å². The molecule has 0 unspecified atom stereocenters. The summed E-state index contributed by atoms with van der Waals surface area (Å²) in [5.74, 6) is -0.000186. The minimum Gasteiger partial charge on any atom is -0.467 e. The summed E-state index contributed by atoms with van der Waals surface area (Å²) in [4.78, 5) is 26.8. The number of aryl methyl sites for hydroxylation is 1. The topological polar surface area (TPSA) is 64.7 Å². The molecule has 2 heterocycles. The van der Waals surface area contributed by atoms with E-state index in [9.17, 15) is 9.59 Å². The van der Waals surface area contributed by atoms with Crippen LogP contribution in [-0.2, 0) is 16.1 Å². The van der Waals surface area contributed by atoms with Crippen LogP contribution in [0.1, 0.15) is 34.4 Å². The smallest absolute Gasteiger partial charge is 0.340 e. The van der Waals surface area contributed by atoms with E-state index in [1.54, 1.807) is 26.3 Å². The molecule has 0 spiro atoms. The quantitative estimate of drug-likeness (QED) is 0.607. The number of nitrogens with zero attached hydrogens (tertiary/aromatic N) is 2. The first kappa shape index (κ1) is 19.5. The Balaban J connectivity index is 1.71. The maximum atomic E-state index is 12.7. The van der Waals surface area contributed by atoms with Crippen LogP contribution >= 0.6 is 0 Å². The highest BCUT2D eigenvalue weighted by molar-refractivity contribution is 5.99. The van der Waals surface area contributed by atoms with Gasteiger partial charge in [-0.05, 0) is 51.1 Å². The van der Waals surface area contributed by atoms with Gasteiger partial charge < -0.3 is 18.6 Å². The maximum Gasteiger partial charge on any atom is 0.340 e. The zero-order valence-electron chi connectivity index (χ0n) is 16.5. The molecular formula is C22H24N2O4. The number of para-hydroxylation sites is 1. The summed E-state index contributed by atoms with van der Waals surface area (Å²) < 4.78 is 12.8. The Bertz CT molecular complexity index is 958. The van der Waals surface area contributed by atoms with Gasteiger partial charge in [0.15, 0.2) is 6.10 Å². The van der Waals surface area contributed by atoms with Crippen molar-refractivity contribution in [3.63, 3.8) is 0 Å². The predicted octanol–water partition coefficient (Wildman–Crippen LogP) is 3.95. The lowest BCUT2D eigenvalue weighted by Crippen LogP contribution is -2.37. The summed E-state index contributed by atoms with van der Waals surface area (Å²) in [5.41, 5.74) is 2.88. The van der Waals surface area contributed by atoms with Gasteiger partial charge in [-0.15, -0.1) is 0 Å². The van der Waals surface area contributed by atoms with Crippen molar-refractivity contribution in [2.75, 3.05) is 11.9 Å². The third-order valence-electron chi connectivity index (χ3n) is 4.79. The molecule has 0 N–H and O–H groups in total. The van der Waals surface area contributed by atoms with Crippen molar-refractivity contribution in [2.45, 2.75) is 33.4 Å². The third-order valence-corrected chi connectivity index (χ3v) is 4.79. The number of benzene rings is 1. The lowest BCUT2D eigenvalue weighted by atomic mass is 10.2. The SMILES string of the molecule is Cc1cc(C(=O)O[C@H](C)C(=O)N(C)c2ccccc2)c(C)n1Cc1ccco1. The van der Waals surface area contributed by atoms with E-state index in [0.29, 0.717) is 12.1 Å². The van der Waals surface area contributed by atoms with Crippen LogP contribution < -0.4 is 4.90 Å². The highest BCUT2D eigenvalue weighted by Crippen LogP contribution is 2.20. The Morgan fingerprint density at radius 3 is 2.50 bits per heavy atom. The van der Waals surface area contributed by atoms with Gasteiger partial charge in [0.25, 0.3) is 5.91 Å². The van der Waals surface area contributed by atoms with Crippen LogP contribution in [0.2, 0.25) is 0 Å². The number of hydrogen-bond acceptors (Lipinski definition) is 4. The Morgan fingerprint density at radius 2 is 1.86 bits per heavy atom. The van der Waals surface area contributed by atoms with Gasteiger partial charge in [-0.3, -0.25) is 4.79 Å². The first-order valence-corrected chi connectivity index (χ1v) is 9.11. The second-order valence-electron chi connectivity index (χ2n) is 6.73. The van der Waals surface area contributed by atoms with Gasteiger partial charge >= 0.3 is 5.97 Å². The third kappa shape index (κ3) is 4.01. The van der Waals surface area contributed by atoms with Crippen molar-refractivity contribution in [1.82, 2.24) is 4.57 Å². The van der Waals surface area contributed by atoms with Crippen molar-refractivity contribution in [3.05, 3.63) is 77.5 Å². The molecule has 3 rings (SSSR count). The minimum absolute atomic E-state index is 0.288.